The number of ketones is 2. The van der Waals surface area contributed by atoms with Gasteiger partial charge >= 0.3 is 23.9 Å². The van der Waals surface area contributed by atoms with Crippen molar-refractivity contribution in [2.45, 2.75) is 51.4 Å². The van der Waals surface area contributed by atoms with Gasteiger partial charge in [0, 0.05) is 85.5 Å². The SMILES string of the molecule is O=C(O)CCCN(CCCC(=O)O)c1ccc2c(c1)C(=O)c1cc(N(CCCC(=O)O)CCCC(=O)O)ccc1C2=O. The van der Waals surface area contributed by atoms with Gasteiger partial charge in [-0.2, -0.15) is 0 Å². The highest BCUT2D eigenvalue weighted by atomic mass is 16.4. The van der Waals surface area contributed by atoms with Crippen LogP contribution in [-0.2, 0) is 19.2 Å². The minimum atomic E-state index is -0.959. The Hall–Kier alpha value is -4.74. The molecule has 0 saturated heterocycles. The second-order valence-corrected chi connectivity index (χ2v) is 10.1. The largest absolute Gasteiger partial charge is 0.481 e. The standard InChI is InChI=1S/C30H34N2O10/c33-25(34)5-1-13-31(14-2-6-26(35)36)19-9-11-21-23(17-19)30(42)24-18-20(10-12-22(24)29(21)41)32(15-3-7-27(37)38)16-4-8-28(39)40/h9-12,17-18H,1-8,13-16H2,(H,33,34)(H,35,36)(H,37,38)(H,39,40). The first kappa shape index (κ1) is 31.8. The molecule has 0 unspecified atom stereocenters. The fourth-order valence-corrected chi connectivity index (χ4v) is 4.94. The molecule has 12 nitrogen and oxygen atoms in total. The van der Waals surface area contributed by atoms with Crippen molar-refractivity contribution in [1.29, 1.82) is 0 Å². The maximum absolute atomic E-state index is 13.7. The third-order valence-electron chi connectivity index (χ3n) is 6.99. The molecule has 0 heterocycles. The molecule has 2 aromatic rings. The molecule has 2 aromatic carbocycles. The molecule has 0 spiro atoms. The number of rotatable bonds is 18. The summed E-state index contributed by atoms with van der Waals surface area (Å²) in [5, 5.41) is 36.1. The van der Waals surface area contributed by atoms with Gasteiger partial charge in [-0.25, -0.2) is 0 Å². The van der Waals surface area contributed by atoms with Crippen LogP contribution in [0.1, 0.15) is 83.2 Å². The van der Waals surface area contributed by atoms with E-state index in [0.717, 1.165) is 0 Å². The van der Waals surface area contributed by atoms with Crippen LogP contribution in [0.3, 0.4) is 0 Å². The van der Waals surface area contributed by atoms with Gasteiger partial charge in [-0.05, 0) is 62.1 Å². The molecule has 0 fully saturated rings. The first-order valence-corrected chi connectivity index (χ1v) is 13.7. The van der Waals surface area contributed by atoms with E-state index < -0.39 is 29.7 Å². The minimum absolute atomic E-state index is 0.0800. The molecule has 1 aliphatic carbocycles. The van der Waals surface area contributed by atoms with E-state index in [0.29, 0.717) is 63.2 Å². The smallest absolute Gasteiger partial charge is 0.303 e. The lowest BCUT2D eigenvalue weighted by Gasteiger charge is -2.28. The molecule has 0 saturated carbocycles. The molecule has 0 amide bonds. The van der Waals surface area contributed by atoms with Gasteiger partial charge < -0.3 is 30.2 Å². The summed E-state index contributed by atoms with van der Waals surface area (Å²) in [6.07, 6.45) is 0.895. The number of nitrogens with zero attached hydrogens (tertiary/aromatic N) is 2. The molecular formula is C30H34N2O10. The summed E-state index contributed by atoms with van der Waals surface area (Å²) in [6, 6.07) is 9.57. The van der Waals surface area contributed by atoms with Crippen molar-refractivity contribution in [3.63, 3.8) is 0 Å². The summed E-state index contributed by atoms with van der Waals surface area (Å²) in [4.78, 5) is 74.8. The van der Waals surface area contributed by atoms with Crippen molar-refractivity contribution >= 4 is 46.8 Å². The fourth-order valence-electron chi connectivity index (χ4n) is 4.94. The Labute approximate surface area is 242 Å². The summed E-state index contributed by atoms with van der Waals surface area (Å²) in [5.41, 5.74) is 1.92. The van der Waals surface area contributed by atoms with Gasteiger partial charge in [-0.3, -0.25) is 28.8 Å². The molecule has 4 N–H and O–H groups in total. The first-order chi connectivity index (χ1) is 20.0. The van der Waals surface area contributed by atoms with Crippen molar-refractivity contribution in [3.8, 4) is 0 Å². The van der Waals surface area contributed by atoms with Crippen molar-refractivity contribution in [1.82, 2.24) is 0 Å². The van der Waals surface area contributed by atoms with Gasteiger partial charge in [0.25, 0.3) is 0 Å². The topological polar surface area (TPSA) is 190 Å². The zero-order valence-corrected chi connectivity index (χ0v) is 23.1. The molecule has 42 heavy (non-hydrogen) atoms. The average Bonchev–Trinajstić information content (AvgIpc) is 2.93. The van der Waals surface area contributed by atoms with Crippen molar-refractivity contribution < 1.29 is 49.2 Å². The lowest BCUT2D eigenvalue weighted by atomic mass is 9.83. The molecule has 1 aliphatic rings. The normalized spacial score (nSPS) is 11.9. The van der Waals surface area contributed by atoms with Crippen LogP contribution in [0.5, 0.6) is 0 Å². The molecule has 12 heteroatoms. The number of anilines is 2. The van der Waals surface area contributed by atoms with Crippen LogP contribution in [-0.4, -0.2) is 82.0 Å². The number of hydrogen-bond donors (Lipinski definition) is 4. The van der Waals surface area contributed by atoms with E-state index in [1.807, 2.05) is 9.80 Å². The number of carboxylic acid groups (broad SMARTS) is 4. The zero-order valence-electron chi connectivity index (χ0n) is 23.1. The predicted molar refractivity (Wildman–Crippen MR) is 152 cm³/mol. The number of benzene rings is 2. The van der Waals surface area contributed by atoms with Crippen LogP contribution < -0.4 is 9.80 Å². The van der Waals surface area contributed by atoms with Crippen LogP contribution in [0, 0.1) is 0 Å². The van der Waals surface area contributed by atoms with E-state index in [4.69, 9.17) is 20.4 Å². The molecule has 224 valence electrons. The van der Waals surface area contributed by atoms with E-state index in [1.54, 1.807) is 36.4 Å². The van der Waals surface area contributed by atoms with Crippen molar-refractivity contribution in [2.24, 2.45) is 0 Å². The molecule has 0 aliphatic heterocycles. The third kappa shape index (κ3) is 8.63. The van der Waals surface area contributed by atoms with E-state index in [-0.39, 0.29) is 53.7 Å². The maximum atomic E-state index is 13.7. The lowest BCUT2D eigenvalue weighted by Crippen LogP contribution is -2.29. The minimum Gasteiger partial charge on any atom is -0.481 e. The fraction of sp³-hybridized carbons (Fsp3) is 0.400. The second-order valence-electron chi connectivity index (χ2n) is 10.1. The Morgan fingerprint density at radius 3 is 1.05 bits per heavy atom. The zero-order chi connectivity index (χ0) is 30.8. The summed E-state index contributed by atoms with van der Waals surface area (Å²) >= 11 is 0. The third-order valence-corrected chi connectivity index (χ3v) is 6.99. The quantitative estimate of drug-likeness (QED) is 0.171. The highest BCUT2D eigenvalue weighted by molar-refractivity contribution is 6.28. The van der Waals surface area contributed by atoms with E-state index >= 15 is 0 Å². The summed E-state index contributed by atoms with van der Waals surface area (Å²) in [7, 11) is 0. The Balaban J connectivity index is 1.91. The highest BCUT2D eigenvalue weighted by Crippen LogP contribution is 2.33. The van der Waals surface area contributed by atoms with Crippen LogP contribution in [0.4, 0.5) is 11.4 Å². The Morgan fingerprint density at radius 2 is 0.762 bits per heavy atom. The molecular weight excluding hydrogens is 548 g/mol. The average molecular weight is 583 g/mol. The van der Waals surface area contributed by atoms with Crippen LogP contribution in [0.15, 0.2) is 36.4 Å². The highest BCUT2D eigenvalue weighted by Gasteiger charge is 2.31. The van der Waals surface area contributed by atoms with Gasteiger partial charge in [-0.1, -0.05) is 0 Å². The van der Waals surface area contributed by atoms with Gasteiger partial charge in [0.05, 0.1) is 0 Å². The van der Waals surface area contributed by atoms with Crippen LogP contribution >= 0.6 is 0 Å². The first-order valence-electron chi connectivity index (χ1n) is 13.7. The van der Waals surface area contributed by atoms with Crippen LogP contribution in [0.2, 0.25) is 0 Å². The molecule has 0 atom stereocenters. The summed E-state index contributed by atoms with van der Waals surface area (Å²) in [6.45, 7) is 1.26. The monoisotopic (exact) mass is 582 g/mol. The number of carbonyl (C=O) groups excluding carboxylic acids is 2. The number of carboxylic acids is 4. The van der Waals surface area contributed by atoms with Crippen LogP contribution in [0.25, 0.3) is 0 Å². The summed E-state index contributed by atoms with van der Waals surface area (Å²) < 4.78 is 0. The Kier molecular flexibility index (Phi) is 11.2. The molecule has 0 aromatic heterocycles. The van der Waals surface area contributed by atoms with Gasteiger partial charge in [0.15, 0.2) is 11.6 Å². The van der Waals surface area contributed by atoms with E-state index in [9.17, 15) is 28.8 Å². The predicted octanol–water partition coefficient (Wildman–Crippen LogP) is 3.53. The molecule has 0 bridgehead atoms. The number of aliphatic carboxylic acids is 4. The maximum Gasteiger partial charge on any atom is 0.303 e. The Bertz CT molecular complexity index is 1230. The van der Waals surface area contributed by atoms with Gasteiger partial charge in [-0.15, -0.1) is 0 Å². The Morgan fingerprint density at radius 1 is 0.476 bits per heavy atom. The second kappa shape index (κ2) is 14.8. The van der Waals surface area contributed by atoms with E-state index in [1.165, 1.54) is 0 Å². The molecule has 3 rings (SSSR count). The van der Waals surface area contributed by atoms with Gasteiger partial charge in [0.2, 0.25) is 0 Å². The van der Waals surface area contributed by atoms with Gasteiger partial charge in [0.1, 0.15) is 0 Å². The van der Waals surface area contributed by atoms with Crippen molar-refractivity contribution in [3.05, 3.63) is 58.7 Å². The van der Waals surface area contributed by atoms with E-state index in [2.05, 4.69) is 0 Å². The summed E-state index contributed by atoms with van der Waals surface area (Å²) in [5.74, 6) is -4.57. The number of hydrogen-bond acceptors (Lipinski definition) is 8. The molecule has 0 radical (unpaired) electrons. The number of fused-ring (bicyclic) bond motifs is 2. The van der Waals surface area contributed by atoms with Crippen molar-refractivity contribution in [2.75, 3.05) is 36.0 Å². The number of carbonyl (C=O) groups is 6. The lowest BCUT2D eigenvalue weighted by molar-refractivity contribution is -0.138.